The third-order valence-electron chi connectivity index (χ3n) is 8.91. The third-order valence-corrected chi connectivity index (χ3v) is 10.8. The van der Waals surface area contributed by atoms with Gasteiger partial charge in [-0.1, -0.05) is 74.5 Å². The van der Waals surface area contributed by atoms with Gasteiger partial charge in [-0.05, 0) is 61.6 Å². The number of benzene rings is 3. The Labute approximate surface area is 285 Å². The van der Waals surface area contributed by atoms with Crippen molar-refractivity contribution in [3.8, 4) is 0 Å². The van der Waals surface area contributed by atoms with E-state index in [1.54, 1.807) is 30.3 Å². The van der Waals surface area contributed by atoms with E-state index in [1.807, 2.05) is 60.7 Å². The summed E-state index contributed by atoms with van der Waals surface area (Å²) in [7, 11) is -2.63. The van der Waals surface area contributed by atoms with Crippen molar-refractivity contribution in [1.82, 2.24) is 19.8 Å². The van der Waals surface area contributed by atoms with Crippen molar-refractivity contribution in [2.24, 2.45) is 11.7 Å². The minimum Gasteiger partial charge on any atom is -0.452 e. The van der Waals surface area contributed by atoms with Gasteiger partial charge < -0.3 is 26.8 Å². The van der Waals surface area contributed by atoms with E-state index < -0.39 is 45.6 Å². The summed E-state index contributed by atoms with van der Waals surface area (Å²) in [6, 6.07) is 23.4. The number of nitrogens with one attached hydrogen (secondary N) is 2. The largest absolute Gasteiger partial charge is 0.452 e. The molecule has 4 rings (SSSR count). The van der Waals surface area contributed by atoms with Crippen LogP contribution < -0.4 is 22.1 Å². The van der Waals surface area contributed by atoms with Crippen LogP contribution in [0.2, 0.25) is 0 Å². The second-order valence-electron chi connectivity index (χ2n) is 13.4. The Kier molecular flexibility index (Phi) is 12.4. The lowest BCUT2D eigenvalue weighted by Crippen LogP contribution is -2.62. The molecule has 0 aliphatic carbocycles. The molecular formula is C36H50N6O5S. The molecule has 1 aliphatic rings. The van der Waals surface area contributed by atoms with Crippen molar-refractivity contribution in [3.63, 3.8) is 0 Å². The summed E-state index contributed by atoms with van der Waals surface area (Å²) >= 11 is 0. The molecule has 0 aromatic heterocycles. The first-order chi connectivity index (χ1) is 22.8. The number of amides is 2. The zero-order chi connectivity index (χ0) is 35.1. The number of hydrogen-bond donors (Lipinski definition) is 4. The molecule has 1 heterocycles. The van der Waals surface area contributed by atoms with Gasteiger partial charge in [0.05, 0.1) is 29.6 Å². The predicted octanol–water partition coefficient (Wildman–Crippen LogP) is 3.77. The van der Waals surface area contributed by atoms with E-state index in [2.05, 4.69) is 24.5 Å². The van der Waals surface area contributed by atoms with Crippen LogP contribution in [0.15, 0.2) is 89.8 Å². The van der Waals surface area contributed by atoms with Gasteiger partial charge in [0.2, 0.25) is 15.9 Å². The molecule has 1 aliphatic heterocycles. The molecule has 6 N–H and O–H groups in total. The van der Waals surface area contributed by atoms with E-state index >= 15 is 0 Å². The van der Waals surface area contributed by atoms with E-state index in [0.29, 0.717) is 31.7 Å². The van der Waals surface area contributed by atoms with Crippen LogP contribution in [0.4, 0.5) is 10.5 Å². The molecule has 0 bridgehead atoms. The van der Waals surface area contributed by atoms with Gasteiger partial charge in [-0.15, -0.1) is 0 Å². The Morgan fingerprint density at radius 2 is 1.52 bits per heavy atom. The summed E-state index contributed by atoms with van der Waals surface area (Å²) in [6.45, 7) is 9.06. The Bertz CT molecular complexity index is 1560. The normalized spacial score (nSPS) is 17.5. The summed E-state index contributed by atoms with van der Waals surface area (Å²) in [5.74, 6) is -0.822. The van der Waals surface area contributed by atoms with Crippen molar-refractivity contribution in [2.75, 3.05) is 39.0 Å². The number of ether oxygens (including phenoxy) is 1. The maximum atomic E-state index is 14.3. The van der Waals surface area contributed by atoms with Gasteiger partial charge in [-0.3, -0.25) is 4.79 Å². The Balaban J connectivity index is 1.59. The summed E-state index contributed by atoms with van der Waals surface area (Å²) in [6.07, 6.45) is -0.150. The molecule has 0 radical (unpaired) electrons. The van der Waals surface area contributed by atoms with Gasteiger partial charge >= 0.3 is 6.09 Å². The lowest BCUT2D eigenvalue weighted by atomic mass is 9.84. The fourth-order valence-electron chi connectivity index (χ4n) is 6.21. The SMILES string of the molecule is COC(=O)N(C(=O)[C@@H](N)C(c1ccccc1)c1ccccc1)C(C)(C)CN[C@@H]1CNC[C@H]1N(CCC(C)C)S(=O)(=O)c1ccc(N)cc1. The van der Waals surface area contributed by atoms with Crippen LogP contribution in [0.25, 0.3) is 0 Å². The standard InChI is InChI=1S/C36H50N6O5S/c1-25(2)20-21-41(48(45,46)29-18-16-28(37)17-19-29)31-23-39-22-30(31)40-24-36(3,4)42(35(44)47-5)34(43)33(38)32(26-12-8-6-9-13-26)27-14-10-7-11-15-27/h6-19,25,30-33,39-40H,20-24,37-38H2,1-5H3/t30-,31-,33+/m1/s1. The highest BCUT2D eigenvalue weighted by molar-refractivity contribution is 7.89. The van der Waals surface area contributed by atoms with Gasteiger partial charge in [-0.2, -0.15) is 4.31 Å². The number of carbonyl (C=O) groups is 2. The second-order valence-corrected chi connectivity index (χ2v) is 15.3. The van der Waals surface area contributed by atoms with Crippen molar-refractivity contribution in [3.05, 3.63) is 96.1 Å². The van der Waals surface area contributed by atoms with Crippen LogP contribution in [0, 0.1) is 5.92 Å². The number of carbonyl (C=O) groups excluding carboxylic acids is 2. The second kappa shape index (κ2) is 16.1. The Hall–Kier alpha value is -3.81. The number of nitrogens with two attached hydrogens (primary N) is 2. The maximum Gasteiger partial charge on any atom is 0.416 e. The number of nitrogen functional groups attached to an aromatic ring is 1. The van der Waals surface area contributed by atoms with E-state index in [9.17, 15) is 18.0 Å². The van der Waals surface area contributed by atoms with Crippen molar-refractivity contribution in [2.45, 2.75) is 68.6 Å². The summed E-state index contributed by atoms with van der Waals surface area (Å²) in [4.78, 5) is 28.9. The number of rotatable bonds is 14. The third kappa shape index (κ3) is 8.61. The van der Waals surface area contributed by atoms with E-state index in [4.69, 9.17) is 16.2 Å². The fourth-order valence-corrected chi connectivity index (χ4v) is 7.88. The maximum absolute atomic E-state index is 14.3. The first-order valence-corrected chi connectivity index (χ1v) is 17.8. The van der Waals surface area contributed by atoms with Crippen LogP contribution in [0.1, 0.15) is 51.2 Å². The van der Waals surface area contributed by atoms with Gasteiger partial charge in [0.15, 0.2) is 0 Å². The zero-order valence-electron chi connectivity index (χ0n) is 28.5. The minimum atomic E-state index is -3.86. The van der Waals surface area contributed by atoms with Gasteiger partial charge in [-0.25, -0.2) is 18.1 Å². The van der Waals surface area contributed by atoms with Gasteiger partial charge in [0.25, 0.3) is 0 Å². The van der Waals surface area contributed by atoms with Crippen LogP contribution in [0.5, 0.6) is 0 Å². The van der Waals surface area contributed by atoms with Crippen LogP contribution in [0.3, 0.4) is 0 Å². The molecule has 3 aromatic carbocycles. The molecule has 3 aromatic rings. The highest BCUT2D eigenvalue weighted by Gasteiger charge is 2.44. The first kappa shape index (κ1) is 37.0. The topological polar surface area (TPSA) is 160 Å². The molecule has 3 atom stereocenters. The molecule has 0 spiro atoms. The molecule has 0 saturated carbocycles. The number of anilines is 1. The van der Waals surface area contributed by atoms with Crippen LogP contribution >= 0.6 is 0 Å². The van der Waals surface area contributed by atoms with E-state index in [1.165, 1.54) is 19.2 Å². The number of imide groups is 1. The molecular weight excluding hydrogens is 629 g/mol. The number of sulfonamides is 1. The van der Waals surface area contributed by atoms with Crippen molar-refractivity contribution in [1.29, 1.82) is 0 Å². The highest BCUT2D eigenvalue weighted by Crippen LogP contribution is 2.30. The number of nitrogens with zero attached hydrogens (tertiary/aromatic N) is 2. The van der Waals surface area contributed by atoms with E-state index in [0.717, 1.165) is 16.0 Å². The summed E-state index contributed by atoms with van der Waals surface area (Å²) in [5.41, 5.74) is 13.7. The predicted molar refractivity (Wildman–Crippen MR) is 189 cm³/mol. The highest BCUT2D eigenvalue weighted by atomic mass is 32.2. The first-order valence-electron chi connectivity index (χ1n) is 16.4. The Morgan fingerprint density at radius 1 is 0.958 bits per heavy atom. The minimum absolute atomic E-state index is 0.157. The van der Waals surface area contributed by atoms with Crippen molar-refractivity contribution < 1.29 is 22.7 Å². The number of hydrogen-bond acceptors (Lipinski definition) is 9. The quantitative estimate of drug-likeness (QED) is 0.186. The fraction of sp³-hybridized carbons (Fsp3) is 0.444. The van der Waals surface area contributed by atoms with Gasteiger partial charge in [0.1, 0.15) is 0 Å². The monoisotopic (exact) mass is 678 g/mol. The van der Waals surface area contributed by atoms with Crippen molar-refractivity contribution >= 4 is 27.7 Å². The smallest absolute Gasteiger partial charge is 0.416 e. The van der Waals surface area contributed by atoms with E-state index in [-0.39, 0.29) is 23.4 Å². The molecule has 48 heavy (non-hydrogen) atoms. The number of methoxy groups -OCH3 is 1. The lowest BCUT2D eigenvalue weighted by molar-refractivity contribution is -0.135. The molecule has 0 unspecified atom stereocenters. The zero-order valence-corrected chi connectivity index (χ0v) is 29.3. The van der Waals surface area contributed by atoms with Crippen LogP contribution in [-0.4, -0.2) is 86.6 Å². The molecule has 11 nitrogen and oxygen atoms in total. The van der Waals surface area contributed by atoms with Crippen LogP contribution in [-0.2, 0) is 19.6 Å². The molecule has 260 valence electrons. The lowest BCUT2D eigenvalue weighted by Gasteiger charge is -2.40. The molecule has 1 fully saturated rings. The molecule has 1 saturated heterocycles. The van der Waals surface area contributed by atoms with Gasteiger partial charge in [0, 0.05) is 43.8 Å². The summed E-state index contributed by atoms with van der Waals surface area (Å²) < 4.78 is 34.7. The average Bonchev–Trinajstić information content (AvgIpc) is 3.53. The molecule has 12 heteroatoms. The average molecular weight is 679 g/mol. The Morgan fingerprint density at radius 3 is 2.04 bits per heavy atom. The summed E-state index contributed by atoms with van der Waals surface area (Å²) in [5, 5.41) is 6.82. The molecule has 2 amide bonds.